The molecule has 27 heavy (non-hydrogen) atoms. The maximum absolute atomic E-state index is 12.5. The largest absolute Gasteiger partial charge is 0.300 e. The van der Waals surface area contributed by atoms with Crippen molar-refractivity contribution in [1.29, 1.82) is 0 Å². The Morgan fingerprint density at radius 3 is 1.63 bits per heavy atom. The molecule has 0 bridgehead atoms. The Labute approximate surface area is 177 Å². The van der Waals surface area contributed by atoms with Gasteiger partial charge in [0.15, 0.2) is 0 Å². The zero-order chi connectivity index (χ0) is 21.8. The van der Waals surface area contributed by atoms with Crippen LogP contribution in [0.1, 0.15) is 99.5 Å². The minimum absolute atomic E-state index is 0.167. The summed E-state index contributed by atoms with van der Waals surface area (Å²) < 4.78 is 13.0. The van der Waals surface area contributed by atoms with E-state index in [1.807, 2.05) is 6.92 Å². The van der Waals surface area contributed by atoms with Crippen LogP contribution in [0.15, 0.2) is 22.7 Å². The first kappa shape index (κ1) is 31.0. The Hall–Kier alpha value is -0.700. The number of ketones is 1. The first-order valence-electron chi connectivity index (χ1n) is 10.4. The third-order valence-corrected chi connectivity index (χ3v) is 3.78. The summed E-state index contributed by atoms with van der Waals surface area (Å²) >= 11 is 3.07. The molecule has 0 unspecified atom stereocenters. The summed E-state index contributed by atoms with van der Waals surface area (Å²) in [7, 11) is 0. The molecule has 1 rings (SSSR count). The number of hydrogen-bond donors (Lipinski definition) is 0. The molecule has 1 aromatic rings. The molecule has 0 saturated carbocycles. The minimum Gasteiger partial charge on any atom is -0.300 e. The van der Waals surface area contributed by atoms with Crippen LogP contribution < -0.4 is 0 Å². The topological polar surface area (TPSA) is 17.1 Å². The van der Waals surface area contributed by atoms with E-state index in [0.717, 1.165) is 17.4 Å². The molecule has 0 fully saturated rings. The molecule has 0 amide bonds. The highest BCUT2D eigenvalue weighted by molar-refractivity contribution is 9.10. The normalized spacial score (nSPS) is 9.52. The highest BCUT2D eigenvalue weighted by atomic mass is 79.9. The highest BCUT2D eigenvalue weighted by Gasteiger charge is 1.98. The molecule has 0 aliphatic carbocycles. The molecule has 0 aromatic heterocycles. The molecule has 0 aliphatic rings. The van der Waals surface area contributed by atoms with Crippen molar-refractivity contribution in [2.45, 2.75) is 101 Å². The molecule has 1 aromatic carbocycles. The van der Waals surface area contributed by atoms with Crippen molar-refractivity contribution in [3.05, 3.63) is 34.1 Å². The van der Waals surface area contributed by atoms with Crippen LogP contribution in [0.25, 0.3) is 0 Å². The monoisotopic (exact) mass is 446 g/mol. The average molecular weight is 448 g/mol. The zero-order valence-electron chi connectivity index (χ0n) is 19.3. The van der Waals surface area contributed by atoms with Gasteiger partial charge in [0.2, 0.25) is 0 Å². The Balaban J connectivity index is -0.000000310. The van der Waals surface area contributed by atoms with Gasteiger partial charge in [-0.15, -0.1) is 0 Å². The molecule has 160 valence electrons. The second-order valence-corrected chi connectivity index (χ2v) is 8.80. The number of benzene rings is 1. The third-order valence-electron chi connectivity index (χ3n) is 3.18. The van der Waals surface area contributed by atoms with Gasteiger partial charge in [0.25, 0.3) is 0 Å². The maximum Gasteiger partial charge on any atom is 0.137 e. The number of rotatable bonds is 6. The van der Waals surface area contributed by atoms with Gasteiger partial charge in [-0.3, -0.25) is 0 Å². The lowest BCUT2D eigenvalue weighted by molar-refractivity contribution is -0.114. The third kappa shape index (κ3) is 33.3. The lowest BCUT2D eigenvalue weighted by Gasteiger charge is -2.08. The van der Waals surface area contributed by atoms with Crippen LogP contribution >= 0.6 is 15.9 Å². The molecule has 1 nitrogen and oxygen atoms in total. The number of unbranched alkanes of at least 4 members (excludes halogenated alkanes) is 2. The first-order chi connectivity index (χ1) is 12.5. The number of aryl methyl sites for hydroxylation is 1. The minimum atomic E-state index is -0.208. The first-order valence-corrected chi connectivity index (χ1v) is 11.2. The number of Topliss-reactive ketones (excluding diaryl/α,β-unsaturated/α-hetero) is 1. The highest BCUT2D eigenvalue weighted by Crippen LogP contribution is 2.15. The van der Waals surface area contributed by atoms with Crippen molar-refractivity contribution in [1.82, 2.24) is 0 Å². The lowest BCUT2D eigenvalue weighted by Crippen LogP contribution is -1.93. The standard InChI is InChI=1S/C10H22.C7H6BrF.C4H10.C3H6O/c1-4-6-8-10(3)9-7-5-2;1-5-2-3-7(9)6(8)4-5;1-4(2)3;1-3(2)4/h10H,4-9H2,1-3H3;2-4H,1H3;4H,1-3H3;1-2H3. The number of carbonyl (C=O) groups excluding carboxylic acids is 1. The van der Waals surface area contributed by atoms with Crippen LogP contribution in [0.3, 0.4) is 0 Å². The summed E-state index contributed by atoms with van der Waals surface area (Å²) in [5, 5.41) is 0. The van der Waals surface area contributed by atoms with Crippen molar-refractivity contribution in [3.63, 3.8) is 0 Å². The van der Waals surface area contributed by atoms with Gasteiger partial charge in [-0.05, 0) is 66.2 Å². The zero-order valence-corrected chi connectivity index (χ0v) is 20.9. The van der Waals surface area contributed by atoms with Crippen LogP contribution in [0.4, 0.5) is 4.39 Å². The van der Waals surface area contributed by atoms with Crippen molar-refractivity contribution in [3.8, 4) is 0 Å². The van der Waals surface area contributed by atoms with Crippen LogP contribution in [-0.2, 0) is 4.79 Å². The quantitative estimate of drug-likeness (QED) is 0.425. The fourth-order valence-corrected chi connectivity index (χ4v) is 2.34. The molecule has 0 atom stereocenters. The van der Waals surface area contributed by atoms with Crippen LogP contribution in [0.5, 0.6) is 0 Å². The van der Waals surface area contributed by atoms with Crippen LogP contribution in [0.2, 0.25) is 0 Å². The molecule has 0 N–H and O–H groups in total. The molecule has 0 heterocycles. The average Bonchev–Trinajstić information content (AvgIpc) is 2.54. The molecule has 0 radical (unpaired) electrons. The SMILES string of the molecule is CC(C)=O.CC(C)C.CCCCC(C)CCCC.Cc1ccc(F)c(Br)c1. The van der Waals surface area contributed by atoms with E-state index in [0.29, 0.717) is 4.47 Å². The van der Waals surface area contributed by atoms with Crippen molar-refractivity contribution in [2.75, 3.05) is 0 Å². The van der Waals surface area contributed by atoms with E-state index in [-0.39, 0.29) is 11.6 Å². The predicted octanol–water partition coefficient (Wildman–Crippen LogP) is 9.16. The van der Waals surface area contributed by atoms with E-state index in [4.69, 9.17) is 0 Å². The van der Waals surface area contributed by atoms with Gasteiger partial charge in [-0.1, -0.05) is 86.1 Å². The molecule has 3 heteroatoms. The van der Waals surface area contributed by atoms with E-state index in [9.17, 15) is 9.18 Å². The van der Waals surface area contributed by atoms with Crippen molar-refractivity contribution < 1.29 is 9.18 Å². The molecular weight excluding hydrogens is 403 g/mol. The second-order valence-electron chi connectivity index (χ2n) is 7.95. The smallest absolute Gasteiger partial charge is 0.137 e. The van der Waals surface area contributed by atoms with Crippen LogP contribution in [0, 0.1) is 24.6 Å². The Morgan fingerprint density at radius 2 is 1.37 bits per heavy atom. The van der Waals surface area contributed by atoms with Crippen molar-refractivity contribution >= 4 is 21.7 Å². The Morgan fingerprint density at radius 1 is 1.00 bits per heavy atom. The number of carbonyl (C=O) groups is 1. The maximum atomic E-state index is 12.5. The van der Waals surface area contributed by atoms with Crippen LogP contribution in [-0.4, -0.2) is 5.78 Å². The molecule has 0 saturated heterocycles. The number of halogens is 2. The second kappa shape index (κ2) is 21.6. The summed E-state index contributed by atoms with van der Waals surface area (Å²) in [6.45, 7) is 18.4. The van der Waals surface area contributed by atoms with E-state index >= 15 is 0 Å². The molecular formula is C24H44BrFO. The fraction of sp³-hybridized carbons (Fsp3) is 0.708. The van der Waals surface area contributed by atoms with Gasteiger partial charge in [-0.2, -0.15) is 0 Å². The summed E-state index contributed by atoms with van der Waals surface area (Å²) in [6, 6.07) is 4.93. The summed E-state index contributed by atoms with van der Waals surface area (Å²) in [6.07, 6.45) is 8.44. The van der Waals surface area contributed by atoms with Gasteiger partial charge >= 0.3 is 0 Å². The van der Waals surface area contributed by atoms with Gasteiger partial charge in [-0.25, -0.2) is 4.39 Å². The van der Waals surface area contributed by atoms with E-state index in [1.54, 1.807) is 12.1 Å². The molecule has 0 aliphatic heterocycles. The Kier molecular flexibility index (Phi) is 24.8. The van der Waals surface area contributed by atoms with Gasteiger partial charge in [0.05, 0.1) is 4.47 Å². The Bertz CT molecular complexity index is 443. The molecule has 0 spiro atoms. The fourth-order valence-electron chi connectivity index (χ4n) is 1.85. The van der Waals surface area contributed by atoms with E-state index < -0.39 is 0 Å². The predicted molar refractivity (Wildman–Crippen MR) is 124 cm³/mol. The van der Waals surface area contributed by atoms with Gasteiger partial charge in [0, 0.05) is 0 Å². The van der Waals surface area contributed by atoms with E-state index in [2.05, 4.69) is 57.5 Å². The number of hydrogen-bond acceptors (Lipinski definition) is 1. The van der Waals surface area contributed by atoms with Gasteiger partial charge < -0.3 is 4.79 Å². The van der Waals surface area contributed by atoms with E-state index in [1.165, 1.54) is 58.4 Å². The lowest BCUT2D eigenvalue weighted by atomic mass is 9.98. The summed E-state index contributed by atoms with van der Waals surface area (Å²) in [5.41, 5.74) is 1.06. The van der Waals surface area contributed by atoms with Crippen molar-refractivity contribution in [2.24, 2.45) is 11.8 Å². The van der Waals surface area contributed by atoms with Gasteiger partial charge in [0.1, 0.15) is 11.6 Å². The summed E-state index contributed by atoms with van der Waals surface area (Å²) in [4.78, 5) is 9.44. The summed E-state index contributed by atoms with van der Waals surface area (Å²) in [5.74, 6) is 1.76.